The molecule has 2 aliphatic rings. The largest absolute Gasteiger partial charge is 0.257 e. The van der Waals surface area contributed by atoms with Gasteiger partial charge >= 0.3 is 0 Å². The highest BCUT2D eigenvalue weighted by Gasteiger charge is 2.23. The fourth-order valence-electron chi connectivity index (χ4n) is 3.76. The van der Waals surface area contributed by atoms with E-state index in [0.717, 1.165) is 5.92 Å². The van der Waals surface area contributed by atoms with Crippen LogP contribution < -0.4 is 0 Å². The van der Waals surface area contributed by atoms with E-state index in [2.05, 4.69) is 13.8 Å². The van der Waals surface area contributed by atoms with Gasteiger partial charge in [-0.05, 0) is 86.8 Å². The van der Waals surface area contributed by atoms with Crippen LogP contribution in [0, 0.1) is 5.92 Å². The second-order valence-electron chi connectivity index (χ2n) is 6.79. The van der Waals surface area contributed by atoms with Crippen LogP contribution >= 0.6 is 0 Å². The molecule has 0 aliphatic heterocycles. The normalized spacial score (nSPS) is 18.3. The number of pyridine rings is 1. The van der Waals surface area contributed by atoms with E-state index in [1.807, 2.05) is 0 Å². The maximum absolute atomic E-state index is 5.10. The van der Waals surface area contributed by atoms with E-state index in [1.54, 1.807) is 16.7 Å². The van der Waals surface area contributed by atoms with Crippen molar-refractivity contribution in [3.63, 3.8) is 0 Å². The van der Waals surface area contributed by atoms with Crippen LogP contribution in [-0.2, 0) is 32.1 Å². The van der Waals surface area contributed by atoms with Crippen LogP contribution in [0.5, 0.6) is 0 Å². The zero-order valence-electron chi connectivity index (χ0n) is 12.6. The third-order valence-corrected chi connectivity index (χ3v) is 4.85. The van der Waals surface area contributed by atoms with Crippen molar-refractivity contribution in [2.75, 3.05) is 0 Å². The minimum Gasteiger partial charge on any atom is -0.257 e. The smallest absolute Gasteiger partial charge is 0.0441 e. The molecule has 0 radical (unpaired) electrons. The molecule has 0 atom stereocenters. The summed E-state index contributed by atoms with van der Waals surface area (Å²) < 4.78 is 0. The Bertz CT molecular complexity index is 459. The van der Waals surface area contributed by atoms with Gasteiger partial charge in [-0.3, -0.25) is 4.98 Å². The van der Waals surface area contributed by atoms with E-state index in [9.17, 15) is 0 Å². The van der Waals surface area contributed by atoms with Gasteiger partial charge in [-0.1, -0.05) is 13.8 Å². The van der Waals surface area contributed by atoms with Gasteiger partial charge in [0, 0.05) is 11.4 Å². The minimum absolute atomic E-state index is 0.789. The third-order valence-electron chi connectivity index (χ3n) is 4.85. The highest BCUT2D eigenvalue weighted by molar-refractivity contribution is 5.43. The summed E-state index contributed by atoms with van der Waals surface area (Å²) in [5, 5.41) is 0. The molecular weight excluding hydrogens is 230 g/mol. The second-order valence-corrected chi connectivity index (χ2v) is 6.79. The maximum Gasteiger partial charge on any atom is 0.0441 e. The van der Waals surface area contributed by atoms with E-state index >= 15 is 0 Å². The fourth-order valence-corrected chi connectivity index (χ4v) is 3.76. The number of rotatable bonds is 3. The quantitative estimate of drug-likeness (QED) is 0.780. The van der Waals surface area contributed by atoms with Gasteiger partial charge in [0.25, 0.3) is 0 Å². The van der Waals surface area contributed by atoms with Crippen LogP contribution in [0.25, 0.3) is 0 Å². The molecule has 1 nitrogen and oxygen atoms in total. The Morgan fingerprint density at radius 2 is 1.47 bits per heavy atom. The predicted octanol–water partition coefficient (Wildman–Crippen LogP) is 4.43. The summed E-state index contributed by atoms with van der Waals surface area (Å²) >= 11 is 0. The molecule has 1 heteroatoms. The van der Waals surface area contributed by atoms with Gasteiger partial charge in [-0.2, -0.15) is 0 Å². The number of aromatic nitrogens is 1. The molecule has 104 valence electrons. The molecule has 0 saturated carbocycles. The first-order chi connectivity index (χ1) is 9.25. The average Bonchev–Trinajstić information content (AvgIpc) is 2.44. The fraction of sp³-hybridized carbons (Fsp3) is 0.722. The zero-order valence-corrected chi connectivity index (χ0v) is 12.6. The summed E-state index contributed by atoms with van der Waals surface area (Å²) in [5.41, 5.74) is 7.98. The standard InChI is InChI=1S/C18H27N/c1-13(2)11-12-18-16-8-4-3-7-14(16)15-9-5-6-10-17(15)19-18/h13H,3-12H2,1-2H3. The molecule has 19 heavy (non-hydrogen) atoms. The summed E-state index contributed by atoms with van der Waals surface area (Å²) in [5.74, 6) is 0.789. The number of aryl methyl sites for hydroxylation is 2. The van der Waals surface area contributed by atoms with Gasteiger partial charge in [-0.25, -0.2) is 0 Å². The van der Waals surface area contributed by atoms with Gasteiger partial charge in [-0.15, -0.1) is 0 Å². The Hall–Kier alpha value is -0.850. The predicted molar refractivity (Wildman–Crippen MR) is 80.7 cm³/mol. The highest BCUT2D eigenvalue weighted by Crippen LogP contribution is 2.33. The molecule has 0 aromatic carbocycles. The van der Waals surface area contributed by atoms with Crippen molar-refractivity contribution in [3.05, 3.63) is 28.1 Å². The molecule has 1 aromatic heterocycles. The molecule has 3 rings (SSSR count). The van der Waals surface area contributed by atoms with Crippen molar-refractivity contribution in [2.45, 2.75) is 78.1 Å². The van der Waals surface area contributed by atoms with Gasteiger partial charge in [0.15, 0.2) is 0 Å². The summed E-state index contributed by atoms with van der Waals surface area (Å²) in [6, 6.07) is 0. The zero-order chi connectivity index (χ0) is 13.2. The second kappa shape index (κ2) is 5.64. The molecule has 0 bridgehead atoms. The first kappa shape index (κ1) is 13.1. The van der Waals surface area contributed by atoms with Crippen molar-refractivity contribution >= 4 is 0 Å². The molecule has 0 N–H and O–H groups in total. The number of nitrogens with zero attached hydrogens (tertiary/aromatic N) is 1. The van der Waals surface area contributed by atoms with Crippen LogP contribution in [0.1, 0.15) is 74.0 Å². The Kier molecular flexibility index (Phi) is 3.91. The number of hydrogen-bond donors (Lipinski definition) is 0. The first-order valence-electron chi connectivity index (χ1n) is 8.28. The Morgan fingerprint density at radius 3 is 2.21 bits per heavy atom. The molecule has 0 spiro atoms. The minimum atomic E-state index is 0.789. The third kappa shape index (κ3) is 2.70. The molecule has 0 saturated heterocycles. The van der Waals surface area contributed by atoms with Gasteiger partial charge in [0.05, 0.1) is 0 Å². The number of hydrogen-bond acceptors (Lipinski definition) is 1. The Morgan fingerprint density at radius 1 is 0.842 bits per heavy atom. The van der Waals surface area contributed by atoms with Gasteiger partial charge in [0.1, 0.15) is 0 Å². The van der Waals surface area contributed by atoms with Crippen molar-refractivity contribution in [2.24, 2.45) is 5.92 Å². The van der Waals surface area contributed by atoms with Crippen molar-refractivity contribution < 1.29 is 0 Å². The number of fused-ring (bicyclic) bond motifs is 3. The molecule has 0 amide bonds. The van der Waals surface area contributed by atoms with E-state index < -0.39 is 0 Å². The van der Waals surface area contributed by atoms with E-state index in [0.29, 0.717) is 0 Å². The van der Waals surface area contributed by atoms with Crippen LogP contribution in [0.2, 0.25) is 0 Å². The Labute approximate surface area is 117 Å². The van der Waals surface area contributed by atoms with Crippen molar-refractivity contribution in [3.8, 4) is 0 Å². The van der Waals surface area contributed by atoms with Crippen LogP contribution in [0.3, 0.4) is 0 Å². The van der Waals surface area contributed by atoms with Crippen LogP contribution in [0.15, 0.2) is 0 Å². The molecule has 0 unspecified atom stereocenters. The van der Waals surface area contributed by atoms with Gasteiger partial charge in [0.2, 0.25) is 0 Å². The lowest BCUT2D eigenvalue weighted by atomic mass is 9.81. The SMILES string of the molecule is CC(C)CCc1nc2c(c3c1CCCC3)CCCC2. The lowest BCUT2D eigenvalue weighted by Gasteiger charge is -2.27. The van der Waals surface area contributed by atoms with Crippen LogP contribution in [0.4, 0.5) is 0 Å². The van der Waals surface area contributed by atoms with Crippen LogP contribution in [-0.4, -0.2) is 4.98 Å². The summed E-state index contributed by atoms with van der Waals surface area (Å²) in [6.45, 7) is 4.65. The molecular formula is C18H27N. The monoisotopic (exact) mass is 257 g/mol. The Balaban J connectivity index is 1.98. The summed E-state index contributed by atoms with van der Waals surface area (Å²) in [7, 11) is 0. The average molecular weight is 257 g/mol. The van der Waals surface area contributed by atoms with Crippen molar-refractivity contribution in [1.29, 1.82) is 0 Å². The molecule has 1 heterocycles. The highest BCUT2D eigenvalue weighted by atomic mass is 14.7. The molecule has 1 aromatic rings. The van der Waals surface area contributed by atoms with E-state index in [4.69, 9.17) is 4.98 Å². The van der Waals surface area contributed by atoms with E-state index in [-0.39, 0.29) is 0 Å². The molecule has 2 aliphatic carbocycles. The first-order valence-corrected chi connectivity index (χ1v) is 8.28. The van der Waals surface area contributed by atoms with E-state index in [1.165, 1.54) is 75.6 Å². The lowest BCUT2D eigenvalue weighted by Crippen LogP contribution is -2.18. The van der Waals surface area contributed by atoms with Gasteiger partial charge < -0.3 is 0 Å². The maximum atomic E-state index is 5.10. The lowest BCUT2D eigenvalue weighted by molar-refractivity contribution is 0.564. The topological polar surface area (TPSA) is 12.9 Å². The van der Waals surface area contributed by atoms with Crippen molar-refractivity contribution in [1.82, 2.24) is 4.98 Å². The summed E-state index contributed by atoms with van der Waals surface area (Å²) in [6.07, 6.45) is 13.2. The summed E-state index contributed by atoms with van der Waals surface area (Å²) in [4.78, 5) is 5.10. The molecule has 0 fully saturated rings.